The summed E-state index contributed by atoms with van der Waals surface area (Å²) in [6.07, 6.45) is 2.03. The van der Waals surface area contributed by atoms with Crippen molar-refractivity contribution in [2.45, 2.75) is 6.42 Å². The lowest BCUT2D eigenvalue weighted by molar-refractivity contribution is 0.0989. The third kappa shape index (κ3) is 2.83. The Morgan fingerprint density at radius 3 is 2.75 bits per heavy atom. The van der Waals surface area contributed by atoms with Crippen molar-refractivity contribution in [2.24, 2.45) is 7.05 Å². The highest BCUT2D eigenvalue weighted by atomic mass is 16.5. The molecule has 0 radical (unpaired) electrons. The quantitative estimate of drug-likeness (QED) is 0.457. The number of carbonyl (C=O) groups is 1. The molecule has 28 heavy (non-hydrogen) atoms. The Kier molecular flexibility index (Phi) is 3.72. The van der Waals surface area contributed by atoms with Gasteiger partial charge in [-0.2, -0.15) is 5.10 Å². The molecule has 0 bridgehead atoms. The number of rotatable bonds is 5. The van der Waals surface area contributed by atoms with Gasteiger partial charge in [0.25, 0.3) is 0 Å². The minimum Gasteiger partial charge on any atom is -0.419 e. The van der Waals surface area contributed by atoms with Gasteiger partial charge in [-0.15, -0.1) is 5.10 Å². The molecule has 0 amide bonds. The smallest absolute Gasteiger partial charge is 0.247 e. The van der Waals surface area contributed by atoms with Crippen LogP contribution < -0.4 is 4.74 Å². The molecule has 5 rings (SSSR count). The first-order valence-electron chi connectivity index (χ1n) is 8.91. The number of Topliss-reactive ketones (excluding diaryl/α,β-unsaturated/α-hetero) is 1. The van der Waals surface area contributed by atoms with Crippen molar-refractivity contribution in [3.63, 3.8) is 0 Å². The number of hydrogen-bond donors (Lipinski definition) is 2. The van der Waals surface area contributed by atoms with E-state index in [4.69, 9.17) is 4.74 Å². The third-order valence-corrected chi connectivity index (χ3v) is 4.75. The number of aryl methyl sites for hydroxylation is 1. The molecule has 0 spiro atoms. The molecular formula is C21H17N5O2. The van der Waals surface area contributed by atoms with Gasteiger partial charge in [0.2, 0.25) is 11.8 Å². The number of fused-ring (bicyclic) bond motifs is 2. The molecule has 0 saturated carbocycles. The average Bonchev–Trinajstić information content (AvgIpc) is 3.40. The normalized spacial score (nSPS) is 11.3. The van der Waals surface area contributed by atoms with Crippen LogP contribution in [0, 0.1) is 0 Å². The average molecular weight is 371 g/mol. The van der Waals surface area contributed by atoms with E-state index < -0.39 is 0 Å². The predicted molar refractivity (Wildman–Crippen MR) is 106 cm³/mol. The van der Waals surface area contributed by atoms with E-state index in [1.807, 2.05) is 48.5 Å². The summed E-state index contributed by atoms with van der Waals surface area (Å²) in [5, 5.41) is 13.1. The van der Waals surface area contributed by atoms with E-state index in [1.165, 1.54) is 0 Å². The van der Waals surface area contributed by atoms with Gasteiger partial charge in [-0.1, -0.05) is 30.3 Å². The summed E-state index contributed by atoms with van der Waals surface area (Å²) in [6.45, 7) is 0. The van der Waals surface area contributed by atoms with Crippen LogP contribution in [0.5, 0.6) is 11.8 Å². The van der Waals surface area contributed by atoms with Gasteiger partial charge in [0.05, 0.1) is 22.8 Å². The maximum Gasteiger partial charge on any atom is 0.247 e. The molecule has 0 aliphatic heterocycles. The number of H-pyrrole nitrogens is 2. The second kappa shape index (κ2) is 6.38. The van der Waals surface area contributed by atoms with Crippen LogP contribution in [0.2, 0.25) is 0 Å². The molecule has 138 valence electrons. The molecule has 2 N–H and O–H groups in total. The fourth-order valence-corrected chi connectivity index (χ4v) is 3.29. The van der Waals surface area contributed by atoms with Crippen molar-refractivity contribution in [3.8, 4) is 11.8 Å². The highest BCUT2D eigenvalue weighted by Crippen LogP contribution is 2.31. The minimum atomic E-state index is 0.0514. The van der Waals surface area contributed by atoms with Gasteiger partial charge in [0, 0.05) is 30.4 Å². The molecule has 5 aromatic rings. The first-order valence-corrected chi connectivity index (χ1v) is 8.91. The summed E-state index contributed by atoms with van der Waals surface area (Å²) in [5.74, 6) is 1.12. The summed E-state index contributed by atoms with van der Waals surface area (Å²) in [5.41, 5.74) is 3.29. The van der Waals surface area contributed by atoms with Gasteiger partial charge < -0.3 is 9.72 Å². The highest BCUT2D eigenvalue weighted by molar-refractivity contribution is 6.04. The zero-order valence-electron chi connectivity index (χ0n) is 15.1. The van der Waals surface area contributed by atoms with Crippen LogP contribution in [-0.2, 0) is 13.5 Å². The van der Waals surface area contributed by atoms with Gasteiger partial charge in [0.15, 0.2) is 5.78 Å². The summed E-state index contributed by atoms with van der Waals surface area (Å²) >= 11 is 0. The maximum atomic E-state index is 12.6. The molecule has 3 aromatic heterocycles. The summed E-state index contributed by atoms with van der Waals surface area (Å²) < 4.78 is 7.50. The van der Waals surface area contributed by atoms with Gasteiger partial charge in [-0.25, -0.2) is 4.68 Å². The van der Waals surface area contributed by atoms with E-state index in [2.05, 4.69) is 20.3 Å². The Hall–Kier alpha value is -3.87. The van der Waals surface area contributed by atoms with E-state index in [-0.39, 0.29) is 5.78 Å². The van der Waals surface area contributed by atoms with Crippen LogP contribution in [-0.4, -0.2) is 30.7 Å². The number of ketones is 1. The SMILES string of the molecule is Cn1nccc1Oc1n[nH]c2cc3[nH]c(C(=O)Cc4ccccc4)cc3cc12. The Morgan fingerprint density at radius 1 is 1.11 bits per heavy atom. The molecule has 7 nitrogen and oxygen atoms in total. The van der Waals surface area contributed by atoms with E-state index in [0.29, 0.717) is 23.9 Å². The first-order chi connectivity index (χ1) is 13.7. The summed E-state index contributed by atoms with van der Waals surface area (Å²) in [6, 6.07) is 17.3. The van der Waals surface area contributed by atoms with Crippen LogP contribution in [0.3, 0.4) is 0 Å². The molecule has 0 unspecified atom stereocenters. The Bertz CT molecular complexity index is 1300. The molecule has 0 fully saturated rings. The van der Waals surface area contributed by atoms with Crippen LogP contribution in [0.1, 0.15) is 16.1 Å². The second-order valence-electron chi connectivity index (χ2n) is 6.68. The van der Waals surface area contributed by atoms with E-state index in [0.717, 1.165) is 27.4 Å². The fourth-order valence-electron chi connectivity index (χ4n) is 3.29. The number of carbonyl (C=O) groups excluding carboxylic acids is 1. The van der Waals surface area contributed by atoms with E-state index >= 15 is 0 Å². The van der Waals surface area contributed by atoms with Crippen molar-refractivity contribution in [2.75, 3.05) is 0 Å². The van der Waals surface area contributed by atoms with Crippen LogP contribution >= 0.6 is 0 Å². The standard InChI is InChI=1S/C21H17N5O2/c1-26-20(7-8-22-26)28-21-15-10-14-11-18(23-16(14)12-17(15)24-25-21)19(27)9-13-5-3-2-4-6-13/h2-8,10-12,23H,9H2,1H3,(H,24,25). The molecule has 0 aliphatic rings. The zero-order chi connectivity index (χ0) is 19.1. The van der Waals surface area contributed by atoms with Crippen LogP contribution in [0.4, 0.5) is 0 Å². The van der Waals surface area contributed by atoms with Crippen molar-refractivity contribution < 1.29 is 9.53 Å². The third-order valence-electron chi connectivity index (χ3n) is 4.75. The number of aromatic amines is 2. The second-order valence-corrected chi connectivity index (χ2v) is 6.68. The van der Waals surface area contributed by atoms with Gasteiger partial charge >= 0.3 is 0 Å². The van der Waals surface area contributed by atoms with E-state index in [9.17, 15) is 4.79 Å². The summed E-state index contributed by atoms with van der Waals surface area (Å²) in [4.78, 5) is 15.9. The monoisotopic (exact) mass is 371 g/mol. The Labute approximate surface area is 159 Å². The molecule has 7 heteroatoms. The maximum absolute atomic E-state index is 12.6. The Morgan fingerprint density at radius 2 is 1.96 bits per heavy atom. The van der Waals surface area contributed by atoms with Crippen molar-refractivity contribution in [1.29, 1.82) is 0 Å². The van der Waals surface area contributed by atoms with Gasteiger partial charge in [-0.05, 0) is 23.8 Å². The number of aromatic nitrogens is 5. The number of nitrogens with zero attached hydrogens (tertiary/aromatic N) is 3. The molecule has 0 aliphatic carbocycles. The van der Waals surface area contributed by atoms with Crippen LogP contribution in [0.25, 0.3) is 21.8 Å². The number of nitrogens with one attached hydrogen (secondary N) is 2. The molecule has 2 aromatic carbocycles. The topological polar surface area (TPSA) is 88.6 Å². The van der Waals surface area contributed by atoms with Crippen molar-refractivity contribution in [3.05, 3.63) is 72.1 Å². The lowest BCUT2D eigenvalue weighted by Crippen LogP contribution is -2.03. The summed E-state index contributed by atoms with van der Waals surface area (Å²) in [7, 11) is 1.80. The van der Waals surface area contributed by atoms with Gasteiger partial charge in [-0.3, -0.25) is 9.89 Å². The fraction of sp³-hybridized carbons (Fsp3) is 0.0952. The highest BCUT2D eigenvalue weighted by Gasteiger charge is 2.15. The van der Waals surface area contributed by atoms with E-state index in [1.54, 1.807) is 24.0 Å². The minimum absolute atomic E-state index is 0.0514. The largest absolute Gasteiger partial charge is 0.419 e. The molecular weight excluding hydrogens is 354 g/mol. The van der Waals surface area contributed by atoms with Crippen molar-refractivity contribution >= 4 is 27.6 Å². The Balaban J connectivity index is 1.49. The lowest BCUT2D eigenvalue weighted by atomic mass is 10.1. The van der Waals surface area contributed by atoms with Gasteiger partial charge in [0.1, 0.15) is 0 Å². The number of benzene rings is 2. The lowest BCUT2D eigenvalue weighted by Gasteiger charge is -2.02. The molecule has 0 atom stereocenters. The zero-order valence-corrected chi connectivity index (χ0v) is 15.1. The molecule has 0 saturated heterocycles. The number of hydrogen-bond acceptors (Lipinski definition) is 4. The van der Waals surface area contributed by atoms with Crippen LogP contribution in [0.15, 0.2) is 60.8 Å². The molecule has 3 heterocycles. The number of ether oxygens (including phenoxy) is 1. The predicted octanol–water partition coefficient (Wildman–Crippen LogP) is 4.00. The van der Waals surface area contributed by atoms with Crippen molar-refractivity contribution in [1.82, 2.24) is 25.0 Å². The first kappa shape index (κ1) is 16.3.